The summed E-state index contributed by atoms with van der Waals surface area (Å²) in [5, 5.41) is 52.9. The Morgan fingerprint density at radius 2 is 0.720 bits per heavy atom. The van der Waals surface area contributed by atoms with Gasteiger partial charge in [0.2, 0.25) is 0 Å². The molecule has 22 rings (SSSR count). The van der Waals surface area contributed by atoms with Crippen LogP contribution in [0.3, 0.4) is 0 Å². The van der Waals surface area contributed by atoms with Gasteiger partial charge in [0.05, 0.1) is 147 Å². The van der Waals surface area contributed by atoms with Crippen LogP contribution in [-0.4, -0.2) is 182 Å². The van der Waals surface area contributed by atoms with E-state index in [0.717, 1.165) is 217 Å². The predicted molar refractivity (Wildman–Crippen MR) is 520 cm³/mol. The van der Waals surface area contributed by atoms with Gasteiger partial charge in [0.1, 0.15) is 25.0 Å². The van der Waals surface area contributed by atoms with E-state index in [1.165, 1.54) is 68.8 Å². The molecule has 2 unspecified atom stereocenters. The first-order valence-corrected chi connectivity index (χ1v) is 46.2. The molecule has 0 radical (unpaired) electrons. The lowest BCUT2D eigenvalue weighted by atomic mass is 10.1. The first-order chi connectivity index (χ1) is 64.0. The predicted octanol–water partition coefficient (Wildman–Crippen LogP) is 13.7. The highest BCUT2D eigenvalue weighted by Gasteiger charge is 2.25. The van der Waals surface area contributed by atoms with Gasteiger partial charge in [-0.2, -0.15) is 47.4 Å². The Labute approximate surface area is 777 Å². The Morgan fingerprint density at radius 1 is 0.386 bits per heavy atom. The Kier molecular flexibility index (Phi) is 25.9. The summed E-state index contributed by atoms with van der Waals surface area (Å²) < 4.78 is 40.8. The fraction of sp³-hybridized carbons (Fsp3) is 0.264. The van der Waals surface area contributed by atoms with Crippen LogP contribution in [0.4, 0.5) is 54.1 Å². The van der Waals surface area contributed by atoms with Crippen LogP contribution in [0.1, 0.15) is 95.7 Å². The third kappa shape index (κ3) is 19.7. The molecule has 0 spiro atoms. The van der Waals surface area contributed by atoms with Gasteiger partial charge < -0.3 is 54.0 Å². The number of hydrogen-bond acceptors (Lipinski definition) is 35. The third-order valence-electron chi connectivity index (χ3n) is 21.4. The van der Waals surface area contributed by atoms with Crippen molar-refractivity contribution < 1.29 is 0 Å². The van der Waals surface area contributed by atoms with Crippen molar-refractivity contribution in [2.75, 3.05) is 66.4 Å². The number of nitrogens with one attached hydrogen (secondary N) is 8. The van der Waals surface area contributed by atoms with E-state index in [2.05, 4.69) is 164 Å². The van der Waals surface area contributed by atoms with Crippen LogP contribution in [0.15, 0.2) is 166 Å². The Balaban J connectivity index is 0.000000111. The summed E-state index contributed by atoms with van der Waals surface area (Å²) in [5.74, 6) is 3.53. The molecule has 0 bridgehead atoms. The van der Waals surface area contributed by atoms with Crippen molar-refractivity contribution >= 4 is 151 Å². The van der Waals surface area contributed by atoms with Crippen LogP contribution in [0.2, 0.25) is 0 Å². The number of nitrogens with zero attached hydrogens (tertiary/aromatic N) is 30. The molecular formula is C87H96N40S5. The van der Waals surface area contributed by atoms with E-state index < -0.39 is 0 Å². The number of hydrogen-bond donors (Lipinski definition) is 10. The van der Waals surface area contributed by atoms with Crippen molar-refractivity contribution in [2.24, 2.45) is 46.7 Å². The number of anilines is 10. The maximum Gasteiger partial charge on any atom is 0.181 e. The van der Waals surface area contributed by atoms with Crippen molar-refractivity contribution in [3.05, 3.63) is 223 Å². The van der Waals surface area contributed by atoms with Crippen LogP contribution in [0.5, 0.6) is 0 Å². The van der Waals surface area contributed by atoms with Crippen LogP contribution >= 0.6 is 57.7 Å². The SMILES string of the molecule is CNC(C)c1cn2c(-c3cnn(C)c3)cnc2c(Nc2cc(C)ns2)n1.Cc1cc(Nc2nc(C(C)N)cn3c(-c4cnn(C)c4)cnc23)sn1.Cc1cc(Nc2nc(C3=CCCNC3)cn3c(-c4cnn(C)c4)cnc23)sn1.Cc1cc(Nc2nc(C3=CCNCC3)cn3c(-c4cnn(C)c4)cnc23)sn1.Cc1cc(Nc2nc(CCN)cn3c(-c4cnn(C)c4)cnc23)sn1. The monoisotopic (exact) mass is 1860 g/mol. The normalized spacial score (nSPS) is 13.1. The van der Waals surface area contributed by atoms with Gasteiger partial charge in [-0.15, -0.1) is 0 Å². The first kappa shape index (κ1) is 88.2. The van der Waals surface area contributed by atoms with E-state index in [-0.39, 0.29) is 12.1 Å². The smallest absolute Gasteiger partial charge is 0.181 e. The van der Waals surface area contributed by atoms with Gasteiger partial charge in [-0.25, -0.2) is 49.8 Å². The van der Waals surface area contributed by atoms with Crippen molar-refractivity contribution in [3.63, 3.8) is 0 Å². The van der Waals surface area contributed by atoms with Gasteiger partial charge in [-0.1, -0.05) is 12.2 Å². The fourth-order valence-corrected chi connectivity index (χ4v) is 18.1. The van der Waals surface area contributed by atoms with Crippen molar-refractivity contribution in [2.45, 2.75) is 79.8 Å². The Bertz CT molecular complexity index is 7350. The molecule has 0 fully saturated rings. The quantitative estimate of drug-likeness (QED) is 0.0301. The molecule has 132 heavy (non-hydrogen) atoms. The highest BCUT2D eigenvalue weighted by Crippen LogP contribution is 2.37. The molecule has 45 heteroatoms. The Morgan fingerprint density at radius 3 is 1.02 bits per heavy atom. The van der Waals surface area contributed by atoms with Crippen LogP contribution in [0.25, 0.3) is 95.7 Å². The number of nitrogens with two attached hydrogens (primary N) is 2. The van der Waals surface area contributed by atoms with Crippen molar-refractivity contribution in [1.82, 2.24) is 159 Å². The van der Waals surface area contributed by atoms with Gasteiger partial charge in [-0.3, -0.25) is 45.4 Å². The van der Waals surface area contributed by atoms with E-state index in [1.807, 2.05) is 235 Å². The van der Waals surface area contributed by atoms with Gasteiger partial charge in [-0.05, 0) is 187 Å². The number of aromatic nitrogens is 30. The molecule has 0 saturated heterocycles. The van der Waals surface area contributed by atoms with Crippen molar-refractivity contribution in [3.8, 4) is 56.3 Å². The second-order valence-corrected chi connectivity index (χ2v) is 35.8. The summed E-state index contributed by atoms with van der Waals surface area (Å²) in [4.78, 5) is 46.9. The fourth-order valence-electron chi connectivity index (χ4n) is 14.8. The van der Waals surface area contributed by atoms with E-state index in [0.29, 0.717) is 30.4 Å². The van der Waals surface area contributed by atoms with E-state index >= 15 is 0 Å². The molecule has 22 heterocycles. The summed E-state index contributed by atoms with van der Waals surface area (Å²) in [7, 11) is 11.4. The maximum atomic E-state index is 6.08. The average molecular weight is 1860 g/mol. The van der Waals surface area contributed by atoms with E-state index in [9.17, 15) is 0 Å². The van der Waals surface area contributed by atoms with E-state index in [4.69, 9.17) is 31.4 Å². The summed E-state index contributed by atoms with van der Waals surface area (Å²) in [6.07, 6.45) is 45.5. The zero-order valence-electron chi connectivity index (χ0n) is 74.5. The maximum absolute atomic E-state index is 6.08. The number of imidazole rings is 5. The molecule has 12 N–H and O–H groups in total. The van der Waals surface area contributed by atoms with E-state index in [1.54, 1.807) is 23.4 Å². The molecule has 20 aromatic rings. The van der Waals surface area contributed by atoms with Crippen LogP contribution < -0.4 is 54.0 Å². The lowest BCUT2D eigenvalue weighted by molar-refractivity contribution is 0.629. The second-order valence-electron chi connectivity index (χ2n) is 31.8. The van der Waals surface area contributed by atoms with Crippen molar-refractivity contribution in [1.29, 1.82) is 0 Å². The molecule has 0 amide bonds. The summed E-state index contributed by atoms with van der Waals surface area (Å²) >= 11 is 7.05. The summed E-state index contributed by atoms with van der Waals surface area (Å²) in [5.41, 5.74) is 37.3. The molecule has 2 aliphatic heterocycles. The highest BCUT2D eigenvalue weighted by atomic mass is 32.1. The molecule has 2 aliphatic rings. The molecule has 40 nitrogen and oxygen atoms in total. The van der Waals surface area contributed by atoms with Gasteiger partial charge >= 0.3 is 0 Å². The molecule has 2 atom stereocenters. The second kappa shape index (κ2) is 38.7. The molecule has 0 saturated carbocycles. The lowest BCUT2D eigenvalue weighted by Gasteiger charge is -2.16. The lowest BCUT2D eigenvalue weighted by Crippen LogP contribution is -2.22. The standard InChI is InChI=1S/2C19H20N8S.C17H20N8S.2C16H18N8S/c1-12-7-17(28-25-12)24-18-19-21-9-16(14-8-22-26(2)10-14)27(19)11-15(23-18)13-3-5-20-6-4-13;1-12-6-17(28-25-12)24-18-19-21-9-16(14-8-22-26(2)10-14)27(19)11-15(23-18)13-4-3-5-20-7-13;1-10-5-15(26-23-10)22-16-17-19-7-14(12-6-20-24(4)8-12)25(17)9-13(21-16)11(2)18-3;1-9-4-14(25-22-9)21-15-16-18-6-13(11-5-19-23(3)7-11)24(16)8-12(20-15)10(2)17;1-10-5-14(25-22-10)21-15-16-18-7-13(11-6-19-23(2)8-11)24(16)9-12(20-15)3-4-17/h3,7-11,20H,4-6H2,1-2H3,(H,23,24);4,6,8-11,20H,3,5,7H2,1-2H3,(H,23,24);5-9,11,18H,1-4H3,(H,21,22);4-8,10H,17H2,1-3H3,(H,20,21);5-9H,3-4,17H2,1-2H3,(H,20,21). The minimum atomic E-state index is -0.197. The molecule has 0 aromatic carbocycles. The number of rotatable bonds is 22. The molecule has 20 aromatic heterocycles. The van der Waals surface area contributed by atoms with Crippen LogP contribution in [-0.2, 0) is 41.7 Å². The first-order valence-electron chi connectivity index (χ1n) is 42.3. The average Bonchev–Trinajstić information content (AvgIpc) is 1.66. The molecule has 0 aliphatic carbocycles. The minimum absolute atomic E-state index is 0.104. The van der Waals surface area contributed by atoms with Gasteiger partial charge in [0.15, 0.2) is 57.3 Å². The van der Waals surface area contributed by atoms with Gasteiger partial charge in [0.25, 0.3) is 0 Å². The zero-order valence-corrected chi connectivity index (χ0v) is 78.6. The zero-order chi connectivity index (χ0) is 91.4. The number of fused-ring (bicyclic) bond motifs is 5. The number of aryl methyl sites for hydroxylation is 10. The highest BCUT2D eigenvalue weighted by molar-refractivity contribution is 7.11. The largest absolute Gasteiger partial charge is 0.330 e. The molecular weight excluding hydrogens is 1770 g/mol. The summed E-state index contributed by atoms with van der Waals surface area (Å²) in [6, 6.07) is 9.91. The minimum Gasteiger partial charge on any atom is -0.330 e. The summed E-state index contributed by atoms with van der Waals surface area (Å²) in [6.45, 7) is 18.0. The Hall–Kier alpha value is -14.4. The van der Waals surface area contributed by atoms with Crippen LogP contribution in [0, 0.1) is 34.6 Å². The molecule has 674 valence electrons. The third-order valence-corrected chi connectivity index (χ3v) is 25.4. The van der Waals surface area contributed by atoms with Gasteiger partial charge in [0, 0.05) is 157 Å². The topological polar surface area (TPSA) is 453 Å².